The molecule has 0 saturated carbocycles. The highest BCUT2D eigenvalue weighted by molar-refractivity contribution is 5.50. The standard InChI is InChI=1S/C13H17N3/c1-11-5-3-4-6-13(11)15-8-10-16-9-7-14-12(16)2/h3-7,9,15H,8,10H2,1-2H3. The Labute approximate surface area is 96.1 Å². The molecule has 1 aromatic carbocycles. The summed E-state index contributed by atoms with van der Waals surface area (Å²) >= 11 is 0. The first-order valence-electron chi connectivity index (χ1n) is 5.54. The maximum absolute atomic E-state index is 4.20. The van der Waals surface area contributed by atoms with Crippen LogP contribution in [0.3, 0.4) is 0 Å². The molecular weight excluding hydrogens is 198 g/mol. The van der Waals surface area contributed by atoms with Crippen molar-refractivity contribution in [3.63, 3.8) is 0 Å². The van der Waals surface area contributed by atoms with E-state index in [1.54, 1.807) is 0 Å². The molecule has 0 radical (unpaired) electrons. The number of hydrogen-bond acceptors (Lipinski definition) is 2. The first-order chi connectivity index (χ1) is 7.77. The van der Waals surface area contributed by atoms with Gasteiger partial charge in [0.2, 0.25) is 0 Å². The van der Waals surface area contributed by atoms with Gasteiger partial charge < -0.3 is 9.88 Å². The average Bonchev–Trinajstić information content (AvgIpc) is 2.67. The van der Waals surface area contributed by atoms with Crippen molar-refractivity contribution in [3.8, 4) is 0 Å². The van der Waals surface area contributed by atoms with Gasteiger partial charge in [0.15, 0.2) is 0 Å². The number of anilines is 1. The van der Waals surface area contributed by atoms with Crippen LogP contribution >= 0.6 is 0 Å². The quantitative estimate of drug-likeness (QED) is 0.849. The molecule has 0 atom stereocenters. The third-order valence-corrected chi connectivity index (χ3v) is 2.74. The minimum atomic E-state index is 0.919. The van der Waals surface area contributed by atoms with E-state index in [4.69, 9.17) is 0 Å². The van der Waals surface area contributed by atoms with E-state index >= 15 is 0 Å². The Balaban J connectivity index is 1.89. The van der Waals surface area contributed by atoms with Gasteiger partial charge in [-0.15, -0.1) is 0 Å². The van der Waals surface area contributed by atoms with Crippen molar-refractivity contribution in [1.29, 1.82) is 0 Å². The van der Waals surface area contributed by atoms with Crippen molar-refractivity contribution in [2.75, 3.05) is 11.9 Å². The Bertz CT molecular complexity index is 460. The van der Waals surface area contributed by atoms with Crippen LogP contribution in [0.1, 0.15) is 11.4 Å². The molecule has 0 unspecified atom stereocenters. The second kappa shape index (κ2) is 4.84. The number of para-hydroxylation sites is 1. The lowest BCUT2D eigenvalue weighted by atomic mass is 10.2. The van der Waals surface area contributed by atoms with Crippen LogP contribution in [0.5, 0.6) is 0 Å². The van der Waals surface area contributed by atoms with Crippen molar-refractivity contribution >= 4 is 5.69 Å². The molecule has 0 amide bonds. The molecule has 2 aromatic rings. The zero-order valence-electron chi connectivity index (χ0n) is 9.77. The number of rotatable bonds is 4. The van der Waals surface area contributed by atoms with Crippen LogP contribution < -0.4 is 5.32 Å². The van der Waals surface area contributed by atoms with Crippen LogP contribution in [-0.2, 0) is 6.54 Å². The van der Waals surface area contributed by atoms with Gasteiger partial charge in [0.25, 0.3) is 0 Å². The zero-order chi connectivity index (χ0) is 11.4. The summed E-state index contributed by atoms with van der Waals surface area (Å²) in [6, 6.07) is 8.33. The van der Waals surface area contributed by atoms with E-state index in [-0.39, 0.29) is 0 Å². The fourth-order valence-corrected chi connectivity index (χ4v) is 1.72. The van der Waals surface area contributed by atoms with Gasteiger partial charge in [0.1, 0.15) is 5.82 Å². The Morgan fingerprint density at radius 3 is 2.75 bits per heavy atom. The predicted molar refractivity (Wildman–Crippen MR) is 66.6 cm³/mol. The second-order valence-electron chi connectivity index (χ2n) is 3.91. The van der Waals surface area contributed by atoms with Gasteiger partial charge in [-0.05, 0) is 25.5 Å². The summed E-state index contributed by atoms with van der Waals surface area (Å²) in [7, 11) is 0. The number of benzene rings is 1. The van der Waals surface area contributed by atoms with Crippen LogP contribution in [0.25, 0.3) is 0 Å². The van der Waals surface area contributed by atoms with Crippen LogP contribution in [0, 0.1) is 13.8 Å². The molecule has 3 nitrogen and oxygen atoms in total. The maximum atomic E-state index is 4.20. The molecule has 1 heterocycles. The molecule has 3 heteroatoms. The molecule has 0 saturated heterocycles. The van der Waals surface area contributed by atoms with Gasteiger partial charge in [-0.1, -0.05) is 18.2 Å². The zero-order valence-corrected chi connectivity index (χ0v) is 9.77. The monoisotopic (exact) mass is 215 g/mol. The molecule has 0 aliphatic carbocycles. The maximum Gasteiger partial charge on any atom is 0.105 e. The van der Waals surface area contributed by atoms with E-state index in [1.807, 2.05) is 19.3 Å². The summed E-state index contributed by atoms with van der Waals surface area (Å²) in [5.74, 6) is 1.06. The van der Waals surface area contributed by atoms with Gasteiger partial charge in [0.05, 0.1) is 0 Å². The van der Waals surface area contributed by atoms with Gasteiger partial charge in [-0.3, -0.25) is 0 Å². The molecule has 1 aromatic heterocycles. The molecular formula is C13H17N3. The Kier molecular flexibility index (Phi) is 3.25. The summed E-state index contributed by atoms with van der Waals surface area (Å²) in [5.41, 5.74) is 2.49. The van der Waals surface area contributed by atoms with E-state index in [9.17, 15) is 0 Å². The largest absolute Gasteiger partial charge is 0.383 e. The Morgan fingerprint density at radius 1 is 1.25 bits per heavy atom. The molecule has 0 aliphatic heterocycles. The highest BCUT2D eigenvalue weighted by Gasteiger charge is 1.97. The number of hydrogen-bond donors (Lipinski definition) is 1. The van der Waals surface area contributed by atoms with E-state index in [0.717, 1.165) is 18.9 Å². The summed E-state index contributed by atoms with van der Waals surface area (Å²) in [6.45, 7) is 6.00. The minimum Gasteiger partial charge on any atom is -0.383 e. The Hall–Kier alpha value is -1.77. The summed E-state index contributed by atoms with van der Waals surface area (Å²) < 4.78 is 2.14. The van der Waals surface area contributed by atoms with E-state index in [1.165, 1.54) is 11.3 Å². The van der Waals surface area contributed by atoms with Crippen LogP contribution in [0.2, 0.25) is 0 Å². The smallest absolute Gasteiger partial charge is 0.105 e. The SMILES string of the molecule is Cc1ccccc1NCCn1ccnc1C. The molecule has 0 bridgehead atoms. The first kappa shape index (κ1) is 10.7. The van der Waals surface area contributed by atoms with Gasteiger partial charge in [-0.2, -0.15) is 0 Å². The van der Waals surface area contributed by atoms with Crippen molar-refractivity contribution in [1.82, 2.24) is 9.55 Å². The van der Waals surface area contributed by atoms with Gasteiger partial charge in [-0.25, -0.2) is 4.98 Å². The van der Waals surface area contributed by atoms with E-state index in [2.05, 4.69) is 46.1 Å². The molecule has 1 N–H and O–H groups in total. The lowest BCUT2D eigenvalue weighted by Crippen LogP contribution is -2.11. The highest BCUT2D eigenvalue weighted by Crippen LogP contribution is 2.12. The average molecular weight is 215 g/mol. The minimum absolute atomic E-state index is 0.919. The lowest BCUT2D eigenvalue weighted by Gasteiger charge is -2.10. The van der Waals surface area contributed by atoms with Crippen molar-refractivity contribution in [2.24, 2.45) is 0 Å². The number of nitrogens with one attached hydrogen (secondary N) is 1. The third kappa shape index (κ3) is 2.42. The number of aryl methyl sites for hydroxylation is 2. The second-order valence-corrected chi connectivity index (χ2v) is 3.91. The van der Waals surface area contributed by atoms with Crippen LogP contribution in [0.15, 0.2) is 36.7 Å². The fourth-order valence-electron chi connectivity index (χ4n) is 1.72. The summed E-state index contributed by atoms with van der Waals surface area (Å²) in [4.78, 5) is 4.20. The lowest BCUT2D eigenvalue weighted by molar-refractivity contribution is 0.701. The number of nitrogens with zero attached hydrogens (tertiary/aromatic N) is 2. The summed E-state index contributed by atoms with van der Waals surface area (Å²) in [6.07, 6.45) is 3.85. The van der Waals surface area contributed by atoms with E-state index < -0.39 is 0 Å². The molecule has 84 valence electrons. The van der Waals surface area contributed by atoms with E-state index in [0.29, 0.717) is 0 Å². The van der Waals surface area contributed by atoms with Gasteiger partial charge >= 0.3 is 0 Å². The third-order valence-electron chi connectivity index (χ3n) is 2.74. The fraction of sp³-hybridized carbons (Fsp3) is 0.308. The summed E-state index contributed by atoms with van der Waals surface area (Å²) in [5, 5.41) is 3.43. The van der Waals surface area contributed by atoms with Crippen molar-refractivity contribution in [3.05, 3.63) is 48.0 Å². The van der Waals surface area contributed by atoms with Crippen molar-refractivity contribution < 1.29 is 0 Å². The molecule has 0 fully saturated rings. The normalized spacial score (nSPS) is 10.4. The highest BCUT2D eigenvalue weighted by atomic mass is 15.1. The van der Waals surface area contributed by atoms with Crippen molar-refractivity contribution in [2.45, 2.75) is 20.4 Å². The molecule has 2 rings (SSSR count). The van der Waals surface area contributed by atoms with Crippen LogP contribution in [0.4, 0.5) is 5.69 Å². The molecule has 0 spiro atoms. The predicted octanol–water partition coefficient (Wildman–Crippen LogP) is 2.61. The first-order valence-corrected chi connectivity index (χ1v) is 5.54. The van der Waals surface area contributed by atoms with Crippen LogP contribution in [-0.4, -0.2) is 16.1 Å². The van der Waals surface area contributed by atoms with Gasteiger partial charge in [0, 0.05) is 31.2 Å². The Morgan fingerprint density at radius 2 is 2.06 bits per heavy atom. The molecule has 16 heavy (non-hydrogen) atoms. The number of aromatic nitrogens is 2. The molecule has 0 aliphatic rings. The number of imidazole rings is 1. The topological polar surface area (TPSA) is 29.9 Å².